The second-order valence-corrected chi connectivity index (χ2v) is 17.8. The first-order chi connectivity index (χ1) is 24.8. The van der Waals surface area contributed by atoms with Crippen LogP contribution >= 0.6 is 34.8 Å². The Hall–Kier alpha value is -3.78. The minimum Gasteiger partial charge on any atom is -0.367 e. The zero-order valence-corrected chi connectivity index (χ0v) is 34.0. The van der Waals surface area contributed by atoms with Crippen LogP contribution in [0, 0.1) is 23.6 Å². The minimum atomic E-state index is -0.185. The lowest BCUT2D eigenvalue weighted by molar-refractivity contribution is -0.118. The summed E-state index contributed by atoms with van der Waals surface area (Å²) >= 11 is 19.0. The Bertz CT molecular complexity index is 1960. The van der Waals surface area contributed by atoms with E-state index in [0.717, 1.165) is 72.1 Å². The van der Waals surface area contributed by atoms with Crippen molar-refractivity contribution < 1.29 is 14.0 Å². The molecule has 2 aliphatic rings. The third kappa shape index (κ3) is 11.4. The number of benzene rings is 4. The number of carbonyl (C=O) groups excluding carboxylic acids is 2. The van der Waals surface area contributed by atoms with Gasteiger partial charge in [0.2, 0.25) is 11.8 Å². The van der Waals surface area contributed by atoms with Crippen molar-refractivity contribution in [3.05, 3.63) is 115 Å². The Morgan fingerprint density at radius 2 is 1.21 bits per heavy atom. The van der Waals surface area contributed by atoms with Gasteiger partial charge in [-0.2, -0.15) is 0 Å². The standard InChI is InChI=1S/C22H26Cl2N2O.C21H24ClFN2O/c1-14-9-18(11-19(24)21(14)25-20(27)12-22(2,3)4)26-8-7-15-10-17(23)6-5-16(15)13-26;1-21(2,3)12-20(26)24-19-7-6-17(11-18(19)22)25-9-8-14-10-16(23)5-4-15(14)13-25/h5-6,9-11H,7-8,12-13H2,1-4H3,(H,25,27);4-7,10-11H,8-9,12-13H2,1-3H3,(H,24,26). The molecule has 0 atom stereocenters. The van der Waals surface area contributed by atoms with Crippen LogP contribution < -0.4 is 20.4 Å². The average Bonchev–Trinajstić information content (AvgIpc) is 3.05. The highest BCUT2D eigenvalue weighted by Gasteiger charge is 2.22. The zero-order valence-electron chi connectivity index (χ0n) is 31.7. The van der Waals surface area contributed by atoms with Gasteiger partial charge >= 0.3 is 0 Å². The number of carbonyl (C=O) groups is 2. The number of rotatable bonds is 6. The zero-order chi connectivity index (χ0) is 38.7. The van der Waals surface area contributed by atoms with Crippen molar-refractivity contribution in [2.75, 3.05) is 33.5 Å². The second kappa shape index (κ2) is 16.7. The molecule has 2 N–H and O–H groups in total. The summed E-state index contributed by atoms with van der Waals surface area (Å²) in [5.74, 6) is -0.235. The first-order valence-corrected chi connectivity index (χ1v) is 19.2. The fourth-order valence-corrected chi connectivity index (χ4v) is 7.42. The summed E-state index contributed by atoms with van der Waals surface area (Å²) in [6, 6.07) is 20.8. The number of anilines is 4. The Kier molecular flexibility index (Phi) is 12.7. The van der Waals surface area contributed by atoms with Crippen LogP contribution in [0.1, 0.15) is 82.2 Å². The first kappa shape index (κ1) is 40.4. The molecule has 0 radical (unpaired) electrons. The predicted octanol–water partition coefficient (Wildman–Crippen LogP) is 11.7. The van der Waals surface area contributed by atoms with E-state index in [-0.39, 0.29) is 28.5 Å². The third-order valence-electron chi connectivity index (χ3n) is 9.24. The number of aryl methyl sites for hydroxylation is 1. The van der Waals surface area contributed by atoms with Gasteiger partial charge in [-0.3, -0.25) is 9.59 Å². The largest absolute Gasteiger partial charge is 0.367 e. The molecule has 0 aliphatic carbocycles. The van der Waals surface area contributed by atoms with Gasteiger partial charge in [0.25, 0.3) is 0 Å². The monoisotopic (exact) mass is 778 g/mol. The van der Waals surface area contributed by atoms with Crippen molar-refractivity contribution >= 4 is 69.4 Å². The molecule has 0 unspecified atom stereocenters. The fourth-order valence-electron chi connectivity index (χ4n) is 6.69. The molecule has 2 amide bonds. The molecule has 6 rings (SSSR count). The van der Waals surface area contributed by atoms with Crippen LogP contribution in [0.25, 0.3) is 0 Å². The van der Waals surface area contributed by atoms with Gasteiger partial charge < -0.3 is 20.4 Å². The first-order valence-electron chi connectivity index (χ1n) is 18.1. The van der Waals surface area contributed by atoms with Crippen molar-refractivity contribution in [1.29, 1.82) is 0 Å². The summed E-state index contributed by atoms with van der Waals surface area (Å²) in [5, 5.41) is 7.76. The lowest BCUT2D eigenvalue weighted by Gasteiger charge is -2.31. The highest BCUT2D eigenvalue weighted by atomic mass is 35.5. The summed E-state index contributed by atoms with van der Waals surface area (Å²) in [5.41, 5.74) is 9.06. The van der Waals surface area contributed by atoms with E-state index < -0.39 is 0 Å². The van der Waals surface area contributed by atoms with Crippen molar-refractivity contribution in [3.8, 4) is 0 Å². The summed E-state index contributed by atoms with van der Waals surface area (Å²) in [6.07, 6.45) is 2.64. The van der Waals surface area contributed by atoms with Crippen molar-refractivity contribution in [3.63, 3.8) is 0 Å². The molecule has 282 valence electrons. The molecule has 2 aliphatic heterocycles. The van der Waals surface area contributed by atoms with E-state index in [1.165, 1.54) is 17.2 Å². The number of hydrogen-bond acceptors (Lipinski definition) is 4. The van der Waals surface area contributed by atoms with Crippen LogP contribution in [-0.2, 0) is 35.5 Å². The summed E-state index contributed by atoms with van der Waals surface area (Å²) < 4.78 is 13.4. The number of halogens is 4. The molecule has 4 aromatic rings. The number of hydrogen-bond donors (Lipinski definition) is 2. The van der Waals surface area contributed by atoms with Gasteiger partial charge in [0.15, 0.2) is 0 Å². The molecule has 53 heavy (non-hydrogen) atoms. The molecule has 10 heteroatoms. The lowest BCUT2D eigenvalue weighted by Crippen LogP contribution is -2.30. The fraction of sp³-hybridized carbons (Fsp3) is 0.395. The van der Waals surface area contributed by atoms with Crippen LogP contribution in [0.15, 0.2) is 66.7 Å². The molecule has 4 aromatic carbocycles. The Morgan fingerprint density at radius 1 is 0.660 bits per heavy atom. The molecule has 0 saturated heterocycles. The van der Waals surface area contributed by atoms with Crippen LogP contribution in [-0.4, -0.2) is 24.9 Å². The van der Waals surface area contributed by atoms with Crippen LogP contribution in [0.5, 0.6) is 0 Å². The summed E-state index contributed by atoms with van der Waals surface area (Å²) in [4.78, 5) is 28.9. The number of nitrogens with zero attached hydrogens (tertiary/aromatic N) is 2. The predicted molar refractivity (Wildman–Crippen MR) is 220 cm³/mol. The number of amides is 2. The van der Waals surface area contributed by atoms with Crippen molar-refractivity contribution in [2.24, 2.45) is 10.8 Å². The van der Waals surface area contributed by atoms with Gasteiger partial charge in [-0.05, 0) is 113 Å². The van der Waals surface area contributed by atoms with Gasteiger partial charge in [-0.25, -0.2) is 4.39 Å². The van der Waals surface area contributed by atoms with E-state index in [9.17, 15) is 14.0 Å². The Labute approximate surface area is 329 Å². The molecule has 0 fully saturated rings. The van der Waals surface area contributed by atoms with E-state index in [1.807, 2.05) is 84.9 Å². The van der Waals surface area contributed by atoms with E-state index in [2.05, 4.69) is 38.6 Å². The number of fused-ring (bicyclic) bond motifs is 2. The topological polar surface area (TPSA) is 64.7 Å². The minimum absolute atomic E-state index is 0.0102. The van der Waals surface area contributed by atoms with E-state index >= 15 is 0 Å². The summed E-state index contributed by atoms with van der Waals surface area (Å²) in [7, 11) is 0. The van der Waals surface area contributed by atoms with Crippen LogP contribution in [0.4, 0.5) is 27.1 Å². The quantitative estimate of drug-likeness (QED) is 0.205. The molecule has 6 nitrogen and oxygen atoms in total. The van der Waals surface area contributed by atoms with Crippen LogP contribution in [0.3, 0.4) is 0 Å². The molecule has 0 saturated carbocycles. The van der Waals surface area contributed by atoms with Crippen molar-refractivity contribution in [1.82, 2.24) is 0 Å². The molecule has 0 spiro atoms. The van der Waals surface area contributed by atoms with Gasteiger partial charge in [0.05, 0.1) is 21.4 Å². The molecule has 0 bridgehead atoms. The van der Waals surface area contributed by atoms with E-state index in [0.29, 0.717) is 34.3 Å². The highest BCUT2D eigenvalue weighted by Crippen LogP contribution is 2.35. The smallest absolute Gasteiger partial charge is 0.224 e. The molecule has 2 heterocycles. The molecular formula is C43H50Cl3FN4O2. The second-order valence-electron chi connectivity index (χ2n) is 16.5. The summed E-state index contributed by atoms with van der Waals surface area (Å²) in [6.45, 7) is 17.5. The SMILES string of the molecule is CC(C)(C)CC(=O)Nc1ccc(N2CCc3cc(F)ccc3C2)cc1Cl.Cc1cc(N2CCc3cc(Cl)ccc3C2)cc(Cl)c1NC(=O)CC(C)(C)C. The normalized spacial score (nSPS) is 14.1. The van der Waals surface area contributed by atoms with Crippen molar-refractivity contribution in [2.45, 2.75) is 87.2 Å². The van der Waals surface area contributed by atoms with Gasteiger partial charge in [-0.1, -0.05) is 88.5 Å². The van der Waals surface area contributed by atoms with Gasteiger partial charge in [-0.15, -0.1) is 0 Å². The Balaban J connectivity index is 0.000000204. The maximum Gasteiger partial charge on any atom is 0.224 e. The average molecular weight is 780 g/mol. The number of nitrogens with one attached hydrogen (secondary N) is 2. The van der Waals surface area contributed by atoms with Gasteiger partial charge in [0.1, 0.15) is 5.82 Å². The molecule has 0 aromatic heterocycles. The maximum absolute atomic E-state index is 13.4. The van der Waals surface area contributed by atoms with Gasteiger partial charge in [0, 0.05) is 55.4 Å². The molecular weight excluding hydrogens is 730 g/mol. The highest BCUT2D eigenvalue weighted by molar-refractivity contribution is 6.34. The Morgan fingerprint density at radius 3 is 1.79 bits per heavy atom. The van der Waals surface area contributed by atoms with Crippen LogP contribution in [0.2, 0.25) is 15.1 Å². The van der Waals surface area contributed by atoms with E-state index in [4.69, 9.17) is 34.8 Å². The maximum atomic E-state index is 13.4. The third-order valence-corrected chi connectivity index (χ3v) is 10.1. The van der Waals surface area contributed by atoms with E-state index in [1.54, 1.807) is 6.07 Å². The lowest BCUT2D eigenvalue weighted by atomic mass is 9.92.